The van der Waals surface area contributed by atoms with Crippen molar-refractivity contribution in [3.05, 3.63) is 53.4 Å². The second-order valence-corrected chi connectivity index (χ2v) is 7.03. The number of hydrogen-bond acceptors (Lipinski definition) is 6. The second-order valence-electron chi connectivity index (χ2n) is 5.29. The Morgan fingerprint density at radius 3 is 2.65 bits per heavy atom. The number of benzene rings is 2. The lowest BCUT2D eigenvalue weighted by atomic mass is 10.1. The average Bonchev–Trinajstić information content (AvgIpc) is 3.15. The lowest BCUT2D eigenvalue weighted by Crippen LogP contribution is -2.11. The van der Waals surface area contributed by atoms with E-state index in [1.165, 1.54) is 11.3 Å². The molecule has 0 saturated carbocycles. The third-order valence-corrected chi connectivity index (χ3v) is 5.22. The van der Waals surface area contributed by atoms with Gasteiger partial charge in [0.25, 0.3) is 5.91 Å². The number of thioether (sulfide) groups is 1. The third kappa shape index (κ3) is 4.00. The Morgan fingerprint density at radius 2 is 1.92 bits per heavy atom. The van der Waals surface area contributed by atoms with Crippen molar-refractivity contribution in [2.45, 2.75) is 4.90 Å². The van der Waals surface area contributed by atoms with E-state index >= 15 is 0 Å². The van der Waals surface area contributed by atoms with Gasteiger partial charge in [0.05, 0.1) is 19.9 Å². The molecule has 1 aromatic heterocycles. The van der Waals surface area contributed by atoms with Crippen LogP contribution in [0.2, 0.25) is 0 Å². The zero-order chi connectivity index (χ0) is 18.5. The first-order valence-electron chi connectivity index (χ1n) is 7.78. The van der Waals surface area contributed by atoms with Crippen molar-refractivity contribution < 1.29 is 14.3 Å². The van der Waals surface area contributed by atoms with E-state index in [0.29, 0.717) is 22.2 Å². The number of anilines is 1. The normalized spacial score (nSPS) is 10.4. The Hall–Kier alpha value is -2.51. The molecule has 0 saturated heterocycles. The number of carbonyl (C=O) groups is 1. The van der Waals surface area contributed by atoms with Gasteiger partial charge >= 0.3 is 0 Å². The topological polar surface area (TPSA) is 60.5 Å². The minimum atomic E-state index is -0.172. The zero-order valence-corrected chi connectivity index (χ0v) is 16.2. The van der Waals surface area contributed by atoms with Crippen LogP contribution in [0.15, 0.2) is 52.7 Å². The summed E-state index contributed by atoms with van der Waals surface area (Å²) in [7, 11) is 3.19. The number of methoxy groups -OCH3 is 2. The molecule has 0 bridgehead atoms. The van der Waals surface area contributed by atoms with Crippen molar-refractivity contribution in [2.75, 3.05) is 25.8 Å². The van der Waals surface area contributed by atoms with Crippen molar-refractivity contribution in [1.29, 1.82) is 0 Å². The molecular formula is C19H18N2O3S2. The molecule has 3 aromatic rings. The number of thiazole rings is 1. The zero-order valence-electron chi connectivity index (χ0n) is 14.6. The molecule has 0 aliphatic heterocycles. The van der Waals surface area contributed by atoms with Crippen LogP contribution in [0.4, 0.5) is 5.13 Å². The number of hydrogen-bond donors (Lipinski definition) is 1. The smallest absolute Gasteiger partial charge is 0.257 e. The second kappa shape index (κ2) is 8.25. The first kappa shape index (κ1) is 18.3. The molecule has 0 atom stereocenters. The Labute approximate surface area is 160 Å². The molecule has 5 nitrogen and oxygen atoms in total. The van der Waals surface area contributed by atoms with E-state index in [0.717, 1.165) is 16.2 Å². The molecule has 0 unspecified atom stereocenters. The summed E-state index contributed by atoms with van der Waals surface area (Å²) in [5, 5.41) is 5.30. The number of ether oxygens (including phenoxy) is 2. The minimum absolute atomic E-state index is 0.172. The van der Waals surface area contributed by atoms with E-state index in [1.54, 1.807) is 32.0 Å². The van der Waals surface area contributed by atoms with Gasteiger partial charge in [-0.25, -0.2) is 4.98 Å². The van der Waals surface area contributed by atoms with Crippen molar-refractivity contribution >= 4 is 34.1 Å². The van der Waals surface area contributed by atoms with E-state index in [2.05, 4.69) is 10.3 Å². The van der Waals surface area contributed by atoms with Crippen molar-refractivity contribution in [2.24, 2.45) is 0 Å². The quantitative estimate of drug-likeness (QED) is 0.617. The summed E-state index contributed by atoms with van der Waals surface area (Å²) in [5.41, 5.74) is 2.27. The van der Waals surface area contributed by atoms with Gasteiger partial charge in [-0.1, -0.05) is 6.07 Å². The van der Waals surface area contributed by atoms with Crippen LogP contribution in [0.3, 0.4) is 0 Å². The third-order valence-electron chi connectivity index (χ3n) is 3.74. The maximum Gasteiger partial charge on any atom is 0.257 e. The first-order chi connectivity index (χ1) is 12.6. The van der Waals surface area contributed by atoms with Crippen LogP contribution in [0.25, 0.3) is 11.3 Å². The lowest BCUT2D eigenvalue weighted by Gasteiger charge is -2.08. The number of rotatable bonds is 6. The molecule has 3 rings (SSSR count). The van der Waals surface area contributed by atoms with Crippen LogP contribution in [-0.2, 0) is 0 Å². The van der Waals surface area contributed by atoms with Gasteiger partial charge in [-0.05, 0) is 42.7 Å². The van der Waals surface area contributed by atoms with Gasteiger partial charge in [-0.15, -0.1) is 23.1 Å². The average molecular weight is 386 g/mol. The summed E-state index contributed by atoms with van der Waals surface area (Å²) in [4.78, 5) is 18.0. The first-order valence-corrected chi connectivity index (χ1v) is 9.88. The van der Waals surface area contributed by atoms with E-state index < -0.39 is 0 Å². The molecule has 0 fully saturated rings. The van der Waals surface area contributed by atoms with Crippen LogP contribution < -0.4 is 14.8 Å². The maximum atomic E-state index is 12.4. The number of nitrogens with one attached hydrogen (secondary N) is 1. The number of amides is 1. The fraction of sp³-hybridized carbons (Fsp3) is 0.158. The summed E-state index contributed by atoms with van der Waals surface area (Å²) in [6.45, 7) is 0. The summed E-state index contributed by atoms with van der Waals surface area (Å²) in [6.07, 6.45) is 1.98. The highest BCUT2D eigenvalue weighted by Crippen LogP contribution is 2.33. The van der Waals surface area contributed by atoms with Crippen LogP contribution in [0.1, 0.15) is 10.4 Å². The Bertz CT molecular complexity index is 925. The SMILES string of the molecule is COc1ccc(-c2csc(NC(=O)c3cccc(SC)c3)n2)cc1OC. The Morgan fingerprint density at radius 1 is 1.12 bits per heavy atom. The summed E-state index contributed by atoms with van der Waals surface area (Å²) in [6, 6.07) is 13.1. The Balaban J connectivity index is 1.78. The van der Waals surface area contributed by atoms with Crippen LogP contribution >= 0.6 is 23.1 Å². The standard InChI is InChI=1S/C19H18N2O3S2/c1-23-16-8-7-12(10-17(16)24-2)15-11-26-19(20-15)21-18(22)13-5-4-6-14(9-13)25-3/h4-11H,1-3H3,(H,20,21,22). The highest BCUT2D eigenvalue weighted by atomic mass is 32.2. The molecule has 1 heterocycles. The predicted molar refractivity (Wildman–Crippen MR) is 107 cm³/mol. The molecule has 1 N–H and O–H groups in total. The van der Waals surface area contributed by atoms with E-state index in [9.17, 15) is 4.79 Å². The van der Waals surface area contributed by atoms with Crippen molar-refractivity contribution in [1.82, 2.24) is 4.98 Å². The van der Waals surface area contributed by atoms with Crippen molar-refractivity contribution in [3.8, 4) is 22.8 Å². The molecule has 0 aliphatic carbocycles. The summed E-state index contributed by atoms with van der Waals surface area (Å²) < 4.78 is 10.6. The molecule has 0 radical (unpaired) electrons. The highest BCUT2D eigenvalue weighted by molar-refractivity contribution is 7.98. The Kier molecular flexibility index (Phi) is 5.80. The predicted octanol–water partition coefficient (Wildman–Crippen LogP) is 4.80. The van der Waals surface area contributed by atoms with Gasteiger partial charge in [0.2, 0.25) is 0 Å². The van der Waals surface area contributed by atoms with Gasteiger partial charge in [-0.2, -0.15) is 0 Å². The van der Waals surface area contributed by atoms with E-state index in [4.69, 9.17) is 9.47 Å². The van der Waals surface area contributed by atoms with Crippen molar-refractivity contribution in [3.63, 3.8) is 0 Å². The minimum Gasteiger partial charge on any atom is -0.493 e. The highest BCUT2D eigenvalue weighted by Gasteiger charge is 2.12. The number of nitrogens with zero attached hydrogens (tertiary/aromatic N) is 1. The molecule has 26 heavy (non-hydrogen) atoms. The number of carbonyl (C=O) groups excluding carboxylic acids is 1. The fourth-order valence-electron chi connectivity index (χ4n) is 2.39. The maximum absolute atomic E-state index is 12.4. The van der Waals surface area contributed by atoms with Gasteiger partial charge in [0.15, 0.2) is 16.6 Å². The van der Waals surface area contributed by atoms with Gasteiger partial charge in [0.1, 0.15) is 0 Å². The molecule has 134 valence electrons. The monoisotopic (exact) mass is 386 g/mol. The molecule has 0 spiro atoms. The molecule has 1 amide bonds. The van der Waals surface area contributed by atoms with Crippen LogP contribution in [0.5, 0.6) is 11.5 Å². The molecule has 0 aliphatic rings. The number of aromatic nitrogens is 1. The van der Waals surface area contributed by atoms with Crippen LogP contribution in [0, 0.1) is 0 Å². The molecule has 2 aromatic carbocycles. The molecule has 7 heteroatoms. The van der Waals surface area contributed by atoms with Gasteiger partial charge < -0.3 is 9.47 Å². The van der Waals surface area contributed by atoms with E-state index in [1.807, 2.05) is 48.0 Å². The lowest BCUT2D eigenvalue weighted by molar-refractivity contribution is 0.102. The fourth-order valence-corrected chi connectivity index (χ4v) is 3.57. The molecular weight excluding hydrogens is 368 g/mol. The van der Waals surface area contributed by atoms with Gasteiger partial charge in [0, 0.05) is 21.4 Å². The summed E-state index contributed by atoms with van der Waals surface area (Å²) >= 11 is 2.98. The van der Waals surface area contributed by atoms with Gasteiger partial charge in [-0.3, -0.25) is 10.1 Å². The largest absolute Gasteiger partial charge is 0.493 e. The summed E-state index contributed by atoms with van der Waals surface area (Å²) in [5.74, 6) is 1.13. The van der Waals surface area contributed by atoms with E-state index in [-0.39, 0.29) is 5.91 Å². The van der Waals surface area contributed by atoms with Crippen LogP contribution in [-0.4, -0.2) is 31.4 Å².